The number of carboxylic acid groups (broad SMARTS) is 1. The molecule has 5 N–H and O–H groups in total. The first-order chi connectivity index (χ1) is 11.0. The van der Waals surface area contributed by atoms with Crippen LogP contribution in [0, 0.1) is 5.92 Å². The number of hydrogen-bond acceptors (Lipinski definition) is 6. The fraction of sp³-hybridized carbons (Fsp3) is 0.312. The molecule has 2 heterocycles. The number of hydrogen-bond donors (Lipinski definition) is 4. The zero-order valence-electron chi connectivity index (χ0n) is 12.9. The third-order valence-electron chi connectivity index (χ3n) is 4.10. The average molecular weight is 351 g/mol. The molecule has 1 aliphatic rings. The molecule has 1 atom stereocenters. The summed E-state index contributed by atoms with van der Waals surface area (Å²) in [5.41, 5.74) is 7.62. The molecule has 0 bridgehead atoms. The summed E-state index contributed by atoms with van der Waals surface area (Å²) in [4.78, 5) is 18.7. The van der Waals surface area contributed by atoms with Gasteiger partial charge in [0.1, 0.15) is 5.82 Å². The summed E-state index contributed by atoms with van der Waals surface area (Å²) in [7, 11) is 0. The monoisotopic (exact) mass is 350 g/mol. The lowest BCUT2D eigenvalue weighted by atomic mass is 9.90. The number of aromatic carboxylic acids is 1. The number of nitrogens with one attached hydrogen (secondary N) is 1. The largest absolute Gasteiger partial charge is 0.493 e. The van der Waals surface area contributed by atoms with E-state index in [0.717, 1.165) is 24.9 Å². The molecule has 0 spiro atoms. The van der Waals surface area contributed by atoms with Crippen LogP contribution >= 0.6 is 12.4 Å². The SMILES string of the molecule is Cl.Nc1nc(O)c2c(n1)NCC(CCc1ccc(C(=O)O)cc1)C2. The van der Waals surface area contributed by atoms with Gasteiger partial charge in [-0.1, -0.05) is 12.1 Å². The Morgan fingerprint density at radius 2 is 2.00 bits per heavy atom. The van der Waals surface area contributed by atoms with Crippen molar-refractivity contribution in [3.05, 3.63) is 41.0 Å². The van der Waals surface area contributed by atoms with Gasteiger partial charge in [-0.2, -0.15) is 9.97 Å². The minimum absolute atomic E-state index is 0. The zero-order valence-corrected chi connectivity index (χ0v) is 13.7. The molecule has 0 saturated heterocycles. The lowest BCUT2D eigenvalue weighted by molar-refractivity contribution is 0.0697. The van der Waals surface area contributed by atoms with E-state index in [-0.39, 0.29) is 24.2 Å². The predicted molar refractivity (Wildman–Crippen MR) is 92.8 cm³/mol. The lowest BCUT2D eigenvalue weighted by Gasteiger charge is -2.25. The number of halogens is 1. The third kappa shape index (κ3) is 3.86. The maximum Gasteiger partial charge on any atom is 0.335 e. The van der Waals surface area contributed by atoms with Crippen molar-refractivity contribution in [1.82, 2.24) is 9.97 Å². The minimum atomic E-state index is -0.917. The molecule has 0 fully saturated rings. The van der Waals surface area contributed by atoms with Gasteiger partial charge in [0.05, 0.1) is 11.1 Å². The van der Waals surface area contributed by atoms with Crippen LogP contribution in [-0.2, 0) is 12.8 Å². The molecule has 2 aromatic rings. The van der Waals surface area contributed by atoms with Gasteiger partial charge in [0.15, 0.2) is 0 Å². The molecule has 0 radical (unpaired) electrons. The van der Waals surface area contributed by atoms with Crippen molar-refractivity contribution >= 4 is 30.1 Å². The molecule has 1 unspecified atom stereocenters. The summed E-state index contributed by atoms with van der Waals surface area (Å²) in [5.74, 6) is 0.0393. The first-order valence-corrected chi connectivity index (χ1v) is 7.44. The molecule has 7 nitrogen and oxygen atoms in total. The number of nitrogen functional groups attached to an aromatic ring is 1. The Kier molecular flexibility index (Phi) is 5.46. The van der Waals surface area contributed by atoms with Crippen LogP contribution in [0.2, 0.25) is 0 Å². The Labute approximate surface area is 145 Å². The molecule has 128 valence electrons. The topological polar surface area (TPSA) is 121 Å². The number of benzene rings is 1. The van der Waals surface area contributed by atoms with E-state index in [2.05, 4.69) is 15.3 Å². The van der Waals surface area contributed by atoms with Crippen LogP contribution in [0.4, 0.5) is 11.8 Å². The van der Waals surface area contributed by atoms with Gasteiger partial charge in [-0.25, -0.2) is 4.79 Å². The van der Waals surface area contributed by atoms with Gasteiger partial charge >= 0.3 is 5.97 Å². The Morgan fingerprint density at radius 1 is 1.29 bits per heavy atom. The van der Waals surface area contributed by atoms with Crippen molar-refractivity contribution in [2.45, 2.75) is 19.3 Å². The maximum atomic E-state index is 10.8. The van der Waals surface area contributed by atoms with Crippen molar-refractivity contribution in [3.8, 4) is 5.88 Å². The molecule has 0 aliphatic carbocycles. The molecule has 1 aromatic carbocycles. The fourth-order valence-corrected chi connectivity index (χ4v) is 2.81. The van der Waals surface area contributed by atoms with E-state index in [1.165, 1.54) is 0 Å². The van der Waals surface area contributed by atoms with Crippen molar-refractivity contribution in [1.29, 1.82) is 0 Å². The number of carbonyl (C=O) groups is 1. The molecule has 1 aliphatic heterocycles. The number of nitrogens with two attached hydrogens (primary N) is 1. The quantitative estimate of drug-likeness (QED) is 0.666. The summed E-state index contributed by atoms with van der Waals surface area (Å²) >= 11 is 0. The number of aryl methyl sites for hydroxylation is 1. The Morgan fingerprint density at radius 3 is 2.67 bits per heavy atom. The van der Waals surface area contributed by atoms with Gasteiger partial charge in [-0.3, -0.25) is 0 Å². The summed E-state index contributed by atoms with van der Waals surface area (Å²) in [5, 5.41) is 22.0. The summed E-state index contributed by atoms with van der Waals surface area (Å²) in [6.45, 7) is 0.760. The van der Waals surface area contributed by atoms with Crippen LogP contribution in [0.3, 0.4) is 0 Å². The molecular formula is C16H19ClN4O3. The second-order valence-electron chi connectivity index (χ2n) is 5.72. The number of rotatable bonds is 4. The summed E-state index contributed by atoms with van der Waals surface area (Å²) in [6, 6.07) is 6.92. The molecule has 0 saturated carbocycles. The molecule has 1 aromatic heterocycles. The Balaban J connectivity index is 0.00000208. The number of fused-ring (bicyclic) bond motifs is 1. The van der Waals surface area contributed by atoms with Crippen LogP contribution in [0.5, 0.6) is 5.88 Å². The van der Waals surface area contributed by atoms with Crippen LogP contribution in [0.15, 0.2) is 24.3 Å². The summed E-state index contributed by atoms with van der Waals surface area (Å²) < 4.78 is 0. The standard InChI is InChI=1S/C16H18N4O3.ClH/c17-16-19-13-12(14(21)20-16)7-10(8-18-13)2-1-9-3-5-11(6-4-9)15(22)23;/h3-6,10H,1-2,7-8H2,(H,22,23)(H4,17,18,19,20,21);1H. The number of aromatic hydroxyl groups is 1. The second-order valence-corrected chi connectivity index (χ2v) is 5.72. The van der Waals surface area contributed by atoms with Crippen molar-refractivity contribution < 1.29 is 15.0 Å². The number of anilines is 2. The number of aromatic nitrogens is 2. The molecule has 8 heteroatoms. The van der Waals surface area contributed by atoms with Gasteiger partial charge < -0.3 is 21.3 Å². The lowest BCUT2D eigenvalue weighted by Crippen LogP contribution is -2.25. The number of nitrogens with zero attached hydrogens (tertiary/aromatic N) is 2. The first kappa shape index (κ1) is 17.8. The smallest absolute Gasteiger partial charge is 0.335 e. The van der Waals surface area contributed by atoms with Gasteiger partial charge in [0, 0.05) is 6.54 Å². The molecule has 24 heavy (non-hydrogen) atoms. The van der Waals surface area contributed by atoms with Gasteiger partial charge in [-0.15, -0.1) is 12.4 Å². The van der Waals surface area contributed by atoms with Crippen LogP contribution in [0.1, 0.15) is 27.9 Å². The van der Waals surface area contributed by atoms with E-state index in [1.54, 1.807) is 12.1 Å². The highest BCUT2D eigenvalue weighted by molar-refractivity contribution is 5.87. The highest BCUT2D eigenvalue weighted by atomic mass is 35.5. The summed E-state index contributed by atoms with van der Waals surface area (Å²) in [6.07, 6.45) is 2.46. The second kappa shape index (κ2) is 7.35. The molecule has 3 rings (SSSR count). The van der Waals surface area contributed by atoms with Crippen LogP contribution in [-0.4, -0.2) is 32.7 Å². The van der Waals surface area contributed by atoms with E-state index in [4.69, 9.17) is 10.8 Å². The average Bonchev–Trinajstić information content (AvgIpc) is 2.53. The highest BCUT2D eigenvalue weighted by Crippen LogP contribution is 2.31. The molecular weight excluding hydrogens is 332 g/mol. The molecule has 0 amide bonds. The van der Waals surface area contributed by atoms with Crippen molar-refractivity contribution in [2.75, 3.05) is 17.6 Å². The van der Waals surface area contributed by atoms with E-state index >= 15 is 0 Å². The van der Waals surface area contributed by atoms with Crippen LogP contribution in [0.25, 0.3) is 0 Å². The Bertz CT molecular complexity index is 737. The minimum Gasteiger partial charge on any atom is -0.493 e. The van der Waals surface area contributed by atoms with Gasteiger partial charge in [0.25, 0.3) is 0 Å². The third-order valence-corrected chi connectivity index (χ3v) is 4.10. The van der Waals surface area contributed by atoms with Crippen LogP contribution < -0.4 is 11.1 Å². The van der Waals surface area contributed by atoms with E-state index < -0.39 is 5.97 Å². The normalized spacial score (nSPS) is 15.8. The van der Waals surface area contributed by atoms with E-state index in [1.807, 2.05) is 12.1 Å². The predicted octanol–water partition coefficient (Wildman–Crippen LogP) is 2.10. The maximum absolute atomic E-state index is 10.8. The first-order valence-electron chi connectivity index (χ1n) is 7.44. The van der Waals surface area contributed by atoms with E-state index in [9.17, 15) is 9.90 Å². The van der Waals surface area contributed by atoms with Crippen molar-refractivity contribution in [3.63, 3.8) is 0 Å². The van der Waals surface area contributed by atoms with E-state index in [0.29, 0.717) is 29.3 Å². The Hall–Kier alpha value is -2.54. The van der Waals surface area contributed by atoms with Gasteiger partial charge in [-0.05, 0) is 42.9 Å². The van der Waals surface area contributed by atoms with Crippen molar-refractivity contribution in [2.24, 2.45) is 5.92 Å². The van der Waals surface area contributed by atoms with Gasteiger partial charge in [0.2, 0.25) is 11.8 Å². The zero-order chi connectivity index (χ0) is 16.4. The highest BCUT2D eigenvalue weighted by Gasteiger charge is 2.23. The number of carboxylic acids is 1. The fourth-order valence-electron chi connectivity index (χ4n) is 2.81.